The fraction of sp³-hybridized carbons (Fsp3) is 0.889. The van der Waals surface area contributed by atoms with E-state index in [4.69, 9.17) is 5.73 Å². The maximum Gasteiger partial charge on any atom is 0.404 e. The van der Waals surface area contributed by atoms with Crippen molar-refractivity contribution in [2.24, 2.45) is 5.73 Å². The Morgan fingerprint density at radius 2 is 1.62 bits per heavy atom. The van der Waals surface area contributed by atoms with Gasteiger partial charge in [0.05, 0.1) is 6.61 Å². The summed E-state index contributed by atoms with van der Waals surface area (Å²) >= 11 is 2.40. The van der Waals surface area contributed by atoms with Crippen LogP contribution < -0.4 is 5.73 Å². The number of unbranched alkanes of at least 4 members (excludes halogenated alkanes) is 5. The minimum absolute atomic E-state index is 0.474. The number of carbonyl (C=O) groups is 1. The minimum Gasteiger partial charge on any atom is -0.450 e. The third-order valence-electron chi connectivity index (χ3n) is 1.77. The number of halogens is 1. The molecule has 0 bridgehead atoms. The Kier molecular flexibility index (Phi) is 10.1. The molecule has 78 valence electrons. The van der Waals surface area contributed by atoms with Crippen molar-refractivity contribution < 1.29 is 9.53 Å². The molecule has 0 aliphatic rings. The van der Waals surface area contributed by atoms with Crippen LogP contribution in [-0.4, -0.2) is 17.1 Å². The van der Waals surface area contributed by atoms with E-state index in [0.717, 1.165) is 12.8 Å². The van der Waals surface area contributed by atoms with Gasteiger partial charge < -0.3 is 10.5 Å². The van der Waals surface area contributed by atoms with Gasteiger partial charge in [0.2, 0.25) is 0 Å². The molecule has 0 radical (unpaired) electrons. The molecule has 0 atom stereocenters. The van der Waals surface area contributed by atoms with Crippen molar-refractivity contribution in [1.82, 2.24) is 0 Å². The molecule has 0 saturated carbocycles. The van der Waals surface area contributed by atoms with E-state index in [0.29, 0.717) is 6.61 Å². The SMILES string of the molecule is NC(=O)OCCCCCCCCI. The predicted molar refractivity (Wildman–Crippen MR) is 62.1 cm³/mol. The third-order valence-corrected chi connectivity index (χ3v) is 2.54. The first-order valence-corrected chi connectivity index (χ1v) is 6.28. The van der Waals surface area contributed by atoms with Crippen LogP contribution in [0.1, 0.15) is 38.5 Å². The zero-order valence-electron chi connectivity index (χ0n) is 7.93. The lowest BCUT2D eigenvalue weighted by molar-refractivity contribution is 0.154. The summed E-state index contributed by atoms with van der Waals surface area (Å²) in [5.74, 6) is 0. The lowest BCUT2D eigenvalue weighted by atomic mass is 10.1. The van der Waals surface area contributed by atoms with Gasteiger partial charge in [-0.25, -0.2) is 4.79 Å². The average molecular weight is 299 g/mol. The Balaban J connectivity index is 2.87. The molecule has 0 rings (SSSR count). The first kappa shape index (κ1) is 13.0. The van der Waals surface area contributed by atoms with E-state index in [1.54, 1.807) is 0 Å². The summed E-state index contributed by atoms with van der Waals surface area (Å²) in [5, 5.41) is 0. The summed E-state index contributed by atoms with van der Waals surface area (Å²) in [5.41, 5.74) is 4.81. The molecule has 1 amide bonds. The van der Waals surface area contributed by atoms with Crippen LogP contribution in [0.25, 0.3) is 0 Å². The maximum absolute atomic E-state index is 10.2. The largest absolute Gasteiger partial charge is 0.450 e. The van der Waals surface area contributed by atoms with Gasteiger partial charge in [-0.1, -0.05) is 48.3 Å². The topological polar surface area (TPSA) is 52.3 Å². The van der Waals surface area contributed by atoms with Gasteiger partial charge in [-0.3, -0.25) is 0 Å². The van der Waals surface area contributed by atoms with E-state index in [1.165, 1.54) is 30.1 Å². The van der Waals surface area contributed by atoms with Crippen LogP contribution in [0, 0.1) is 0 Å². The Bertz CT molecular complexity index is 131. The number of hydrogen-bond donors (Lipinski definition) is 1. The molecule has 0 saturated heterocycles. The highest BCUT2D eigenvalue weighted by atomic mass is 127. The van der Waals surface area contributed by atoms with Crippen molar-refractivity contribution in [2.45, 2.75) is 38.5 Å². The molecule has 4 heteroatoms. The second kappa shape index (κ2) is 10.1. The number of nitrogens with two attached hydrogens (primary N) is 1. The third kappa shape index (κ3) is 12.0. The van der Waals surface area contributed by atoms with Crippen LogP contribution in [0.3, 0.4) is 0 Å². The summed E-state index contributed by atoms with van der Waals surface area (Å²) in [6.07, 6.45) is 6.57. The fourth-order valence-electron chi connectivity index (χ4n) is 1.08. The van der Waals surface area contributed by atoms with E-state index >= 15 is 0 Å². The fourth-order valence-corrected chi connectivity index (χ4v) is 1.62. The second-order valence-corrected chi connectivity index (χ2v) is 4.06. The first-order chi connectivity index (χ1) is 6.27. The normalized spacial score (nSPS) is 9.92. The molecular weight excluding hydrogens is 281 g/mol. The second-order valence-electron chi connectivity index (χ2n) is 2.98. The smallest absolute Gasteiger partial charge is 0.404 e. The number of hydrogen-bond acceptors (Lipinski definition) is 2. The zero-order chi connectivity index (χ0) is 9.94. The van der Waals surface area contributed by atoms with Crippen molar-refractivity contribution in [3.63, 3.8) is 0 Å². The average Bonchev–Trinajstić information content (AvgIpc) is 2.09. The van der Waals surface area contributed by atoms with Gasteiger partial charge >= 0.3 is 6.09 Å². The molecule has 0 spiro atoms. The van der Waals surface area contributed by atoms with Crippen molar-refractivity contribution in [3.05, 3.63) is 0 Å². The van der Waals surface area contributed by atoms with Gasteiger partial charge in [0.1, 0.15) is 0 Å². The van der Waals surface area contributed by atoms with E-state index in [9.17, 15) is 4.79 Å². The Morgan fingerprint density at radius 3 is 2.15 bits per heavy atom. The van der Waals surface area contributed by atoms with E-state index < -0.39 is 6.09 Å². The molecular formula is C9H18INO2. The molecule has 2 N–H and O–H groups in total. The highest BCUT2D eigenvalue weighted by Crippen LogP contribution is 2.06. The Labute approximate surface area is 93.5 Å². The first-order valence-electron chi connectivity index (χ1n) is 4.75. The highest BCUT2D eigenvalue weighted by molar-refractivity contribution is 14.1. The number of primary amides is 1. The molecule has 13 heavy (non-hydrogen) atoms. The van der Waals surface area contributed by atoms with E-state index in [-0.39, 0.29) is 0 Å². The lowest BCUT2D eigenvalue weighted by Gasteiger charge is -2.01. The van der Waals surface area contributed by atoms with E-state index in [1.807, 2.05) is 0 Å². The van der Waals surface area contributed by atoms with Gasteiger partial charge in [-0.05, 0) is 17.3 Å². The van der Waals surface area contributed by atoms with Crippen LogP contribution in [0.5, 0.6) is 0 Å². The van der Waals surface area contributed by atoms with Gasteiger partial charge in [0.15, 0.2) is 0 Å². The van der Waals surface area contributed by atoms with Gasteiger partial charge in [0, 0.05) is 0 Å². The zero-order valence-corrected chi connectivity index (χ0v) is 10.1. The van der Waals surface area contributed by atoms with Crippen LogP contribution in [0.15, 0.2) is 0 Å². The molecule has 0 aromatic carbocycles. The van der Waals surface area contributed by atoms with Crippen molar-refractivity contribution in [3.8, 4) is 0 Å². The molecule has 0 aliphatic carbocycles. The van der Waals surface area contributed by atoms with E-state index in [2.05, 4.69) is 27.3 Å². The quantitative estimate of drug-likeness (QED) is 0.425. The summed E-state index contributed by atoms with van der Waals surface area (Å²) in [6.45, 7) is 0.474. The van der Waals surface area contributed by atoms with Crippen LogP contribution in [0.4, 0.5) is 4.79 Å². The maximum atomic E-state index is 10.2. The number of alkyl halides is 1. The number of carbonyl (C=O) groups excluding carboxylic acids is 1. The summed E-state index contributed by atoms with van der Waals surface area (Å²) in [7, 11) is 0. The van der Waals surface area contributed by atoms with Crippen molar-refractivity contribution in [1.29, 1.82) is 0 Å². The predicted octanol–water partition coefficient (Wildman–Crippen LogP) is 2.86. The monoisotopic (exact) mass is 299 g/mol. The Morgan fingerprint density at radius 1 is 1.08 bits per heavy atom. The number of ether oxygens (including phenoxy) is 1. The summed E-state index contributed by atoms with van der Waals surface area (Å²) in [4.78, 5) is 10.2. The van der Waals surface area contributed by atoms with Crippen molar-refractivity contribution >= 4 is 28.7 Å². The van der Waals surface area contributed by atoms with Crippen LogP contribution in [0.2, 0.25) is 0 Å². The van der Waals surface area contributed by atoms with Gasteiger partial charge in [0.25, 0.3) is 0 Å². The molecule has 3 nitrogen and oxygen atoms in total. The number of rotatable bonds is 8. The Hall–Kier alpha value is 0. The highest BCUT2D eigenvalue weighted by Gasteiger charge is 1.93. The lowest BCUT2D eigenvalue weighted by Crippen LogP contribution is -2.13. The molecule has 0 heterocycles. The summed E-state index contributed by atoms with van der Waals surface area (Å²) < 4.78 is 5.86. The van der Waals surface area contributed by atoms with Crippen molar-refractivity contribution in [2.75, 3.05) is 11.0 Å². The van der Waals surface area contributed by atoms with Gasteiger partial charge in [-0.15, -0.1) is 0 Å². The molecule has 0 fully saturated rings. The van der Waals surface area contributed by atoms with Crippen LogP contribution in [-0.2, 0) is 4.74 Å². The summed E-state index contributed by atoms with van der Waals surface area (Å²) in [6, 6.07) is 0. The molecule has 0 aromatic rings. The van der Waals surface area contributed by atoms with Gasteiger partial charge in [-0.2, -0.15) is 0 Å². The molecule has 0 unspecified atom stereocenters. The minimum atomic E-state index is -0.662. The standard InChI is InChI=1S/C9H18INO2/c10-7-5-3-1-2-4-6-8-13-9(11)12/h1-8H2,(H2,11,12). The number of amides is 1. The molecule has 0 aromatic heterocycles. The molecule has 0 aliphatic heterocycles. The van der Waals surface area contributed by atoms with Crippen LogP contribution >= 0.6 is 22.6 Å².